The smallest absolute Gasteiger partial charge is 0.224 e. The second-order valence-electron chi connectivity index (χ2n) is 5.39. The number of methoxy groups -OCH3 is 1. The number of nitrogens with one attached hydrogen (secondary N) is 2. The Bertz CT molecular complexity index is 447. The molecule has 0 bridgehead atoms. The van der Waals surface area contributed by atoms with Gasteiger partial charge in [-0.25, -0.2) is 0 Å². The van der Waals surface area contributed by atoms with Crippen molar-refractivity contribution in [3.8, 4) is 11.5 Å². The van der Waals surface area contributed by atoms with Crippen LogP contribution >= 0.6 is 12.4 Å². The van der Waals surface area contributed by atoms with Gasteiger partial charge in [0, 0.05) is 6.54 Å². The summed E-state index contributed by atoms with van der Waals surface area (Å²) in [5, 5.41) is 6.22. The van der Waals surface area contributed by atoms with Crippen molar-refractivity contribution in [2.75, 3.05) is 26.7 Å². The minimum Gasteiger partial charge on any atom is -0.497 e. The van der Waals surface area contributed by atoms with Gasteiger partial charge >= 0.3 is 0 Å². The van der Waals surface area contributed by atoms with Crippen molar-refractivity contribution in [1.82, 2.24) is 10.6 Å². The molecule has 1 aromatic rings. The number of ether oxygens (including phenoxy) is 2. The largest absolute Gasteiger partial charge is 0.497 e. The summed E-state index contributed by atoms with van der Waals surface area (Å²) >= 11 is 0. The third-order valence-electron chi connectivity index (χ3n) is 3.63. The molecule has 0 spiro atoms. The van der Waals surface area contributed by atoms with E-state index in [-0.39, 0.29) is 30.3 Å². The van der Waals surface area contributed by atoms with Gasteiger partial charge < -0.3 is 20.1 Å². The molecule has 124 valence electrons. The molecule has 6 heteroatoms. The van der Waals surface area contributed by atoms with E-state index in [1.54, 1.807) is 7.11 Å². The zero-order valence-corrected chi connectivity index (χ0v) is 13.9. The van der Waals surface area contributed by atoms with Gasteiger partial charge in [0.15, 0.2) is 0 Å². The average Bonchev–Trinajstić information content (AvgIpc) is 2.54. The van der Waals surface area contributed by atoms with E-state index in [0.717, 1.165) is 37.4 Å². The molecule has 1 aromatic carbocycles. The Hall–Kier alpha value is -1.46. The lowest BCUT2D eigenvalue weighted by Crippen LogP contribution is -2.43. The van der Waals surface area contributed by atoms with Crippen LogP contribution in [0.15, 0.2) is 24.3 Å². The zero-order valence-electron chi connectivity index (χ0n) is 13.1. The van der Waals surface area contributed by atoms with Crippen molar-refractivity contribution in [3.63, 3.8) is 0 Å². The monoisotopic (exact) mass is 328 g/mol. The van der Waals surface area contributed by atoms with Crippen LogP contribution in [0.1, 0.15) is 19.8 Å². The first-order chi connectivity index (χ1) is 10.2. The lowest BCUT2D eigenvalue weighted by molar-refractivity contribution is -0.125. The van der Waals surface area contributed by atoms with Crippen LogP contribution in [-0.4, -0.2) is 38.8 Å². The van der Waals surface area contributed by atoms with Gasteiger partial charge in [-0.15, -0.1) is 12.4 Å². The molecule has 1 fully saturated rings. The zero-order chi connectivity index (χ0) is 15.1. The molecule has 1 aliphatic rings. The molecule has 1 saturated heterocycles. The highest BCUT2D eigenvalue weighted by Crippen LogP contribution is 2.18. The topological polar surface area (TPSA) is 59.6 Å². The van der Waals surface area contributed by atoms with Gasteiger partial charge in [-0.2, -0.15) is 0 Å². The maximum Gasteiger partial charge on any atom is 0.224 e. The summed E-state index contributed by atoms with van der Waals surface area (Å²) in [6.45, 7) is 4.26. The Morgan fingerprint density at radius 1 is 1.36 bits per heavy atom. The molecule has 2 atom stereocenters. The summed E-state index contributed by atoms with van der Waals surface area (Å²) in [7, 11) is 1.63. The van der Waals surface area contributed by atoms with E-state index in [9.17, 15) is 4.79 Å². The van der Waals surface area contributed by atoms with E-state index < -0.39 is 0 Å². The van der Waals surface area contributed by atoms with Crippen molar-refractivity contribution in [3.05, 3.63) is 24.3 Å². The van der Waals surface area contributed by atoms with Crippen LogP contribution in [-0.2, 0) is 4.79 Å². The van der Waals surface area contributed by atoms with Gasteiger partial charge in [0.2, 0.25) is 5.91 Å². The number of halogens is 1. The van der Waals surface area contributed by atoms with Crippen molar-refractivity contribution in [1.29, 1.82) is 0 Å². The molecule has 2 rings (SSSR count). The second kappa shape index (κ2) is 9.54. The van der Waals surface area contributed by atoms with Gasteiger partial charge in [-0.3, -0.25) is 4.79 Å². The highest BCUT2D eigenvalue weighted by Gasteiger charge is 2.21. The molecule has 0 saturated carbocycles. The third-order valence-corrected chi connectivity index (χ3v) is 3.63. The van der Waals surface area contributed by atoms with Crippen LogP contribution in [0.4, 0.5) is 0 Å². The van der Waals surface area contributed by atoms with Crippen molar-refractivity contribution < 1.29 is 14.3 Å². The second-order valence-corrected chi connectivity index (χ2v) is 5.39. The Morgan fingerprint density at radius 2 is 2.05 bits per heavy atom. The summed E-state index contributed by atoms with van der Waals surface area (Å²) in [6, 6.07) is 7.44. The Kier molecular flexibility index (Phi) is 8.06. The van der Waals surface area contributed by atoms with Crippen LogP contribution in [0.3, 0.4) is 0 Å². The van der Waals surface area contributed by atoms with E-state index in [1.165, 1.54) is 0 Å². The SMILES string of the molecule is COc1ccc(OC(C)CNC(=O)C2CCCNC2)cc1.Cl. The van der Waals surface area contributed by atoms with E-state index in [1.807, 2.05) is 31.2 Å². The van der Waals surface area contributed by atoms with Crippen molar-refractivity contribution >= 4 is 18.3 Å². The summed E-state index contributed by atoms with van der Waals surface area (Å²) in [6.07, 6.45) is 1.96. The summed E-state index contributed by atoms with van der Waals surface area (Å²) in [4.78, 5) is 12.0. The Labute approximate surface area is 138 Å². The number of rotatable bonds is 6. The molecule has 22 heavy (non-hydrogen) atoms. The molecule has 2 unspecified atom stereocenters. The number of carbonyl (C=O) groups excluding carboxylic acids is 1. The van der Waals surface area contributed by atoms with Crippen LogP contribution < -0.4 is 20.1 Å². The number of hydrogen-bond donors (Lipinski definition) is 2. The standard InChI is InChI=1S/C16H24N2O3.ClH/c1-12(21-15-7-5-14(20-2)6-8-15)10-18-16(19)13-4-3-9-17-11-13;/h5-8,12-13,17H,3-4,9-11H2,1-2H3,(H,18,19);1H. The normalized spacial score (nSPS) is 18.7. The summed E-state index contributed by atoms with van der Waals surface area (Å²) < 4.78 is 10.9. The van der Waals surface area contributed by atoms with Gasteiger partial charge in [-0.05, 0) is 50.6 Å². The number of piperidine rings is 1. The third kappa shape index (κ3) is 5.73. The molecule has 5 nitrogen and oxygen atoms in total. The minimum absolute atomic E-state index is 0. The predicted molar refractivity (Wildman–Crippen MR) is 88.9 cm³/mol. The van der Waals surface area contributed by atoms with Crippen LogP contribution in [0.5, 0.6) is 11.5 Å². The lowest BCUT2D eigenvalue weighted by atomic mass is 9.99. The van der Waals surface area contributed by atoms with E-state index in [4.69, 9.17) is 9.47 Å². The Morgan fingerprint density at radius 3 is 2.64 bits per heavy atom. The number of amides is 1. The first-order valence-electron chi connectivity index (χ1n) is 7.48. The van der Waals surface area contributed by atoms with Gasteiger partial charge in [0.05, 0.1) is 19.6 Å². The number of carbonyl (C=O) groups is 1. The fraction of sp³-hybridized carbons (Fsp3) is 0.562. The van der Waals surface area contributed by atoms with Crippen molar-refractivity contribution in [2.24, 2.45) is 5.92 Å². The van der Waals surface area contributed by atoms with Gasteiger partial charge in [0.25, 0.3) is 0 Å². The quantitative estimate of drug-likeness (QED) is 0.838. The van der Waals surface area contributed by atoms with Crippen LogP contribution in [0.25, 0.3) is 0 Å². The summed E-state index contributed by atoms with van der Waals surface area (Å²) in [5.41, 5.74) is 0. The Balaban J connectivity index is 0.00000242. The minimum atomic E-state index is -0.0705. The molecule has 0 aliphatic carbocycles. The molecular weight excluding hydrogens is 304 g/mol. The predicted octanol–water partition coefficient (Wildman–Crippen LogP) is 2.00. The van der Waals surface area contributed by atoms with E-state index in [0.29, 0.717) is 6.54 Å². The maximum absolute atomic E-state index is 12.0. The van der Waals surface area contributed by atoms with E-state index in [2.05, 4.69) is 10.6 Å². The first-order valence-corrected chi connectivity index (χ1v) is 7.48. The molecular formula is C16H25ClN2O3. The fourth-order valence-electron chi connectivity index (χ4n) is 2.39. The molecule has 1 aliphatic heterocycles. The lowest BCUT2D eigenvalue weighted by Gasteiger charge is -2.23. The highest BCUT2D eigenvalue weighted by molar-refractivity contribution is 5.85. The number of benzene rings is 1. The van der Waals surface area contributed by atoms with Crippen LogP contribution in [0, 0.1) is 5.92 Å². The van der Waals surface area contributed by atoms with E-state index >= 15 is 0 Å². The molecule has 0 aromatic heterocycles. The average molecular weight is 329 g/mol. The summed E-state index contributed by atoms with van der Waals surface area (Å²) in [5.74, 6) is 1.78. The van der Waals surface area contributed by atoms with Gasteiger partial charge in [-0.1, -0.05) is 0 Å². The molecule has 0 radical (unpaired) electrons. The van der Waals surface area contributed by atoms with Crippen LogP contribution in [0.2, 0.25) is 0 Å². The number of hydrogen-bond acceptors (Lipinski definition) is 4. The van der Waals surface area contributed by atoms with Gasteiger partial charge in [0.1, 0.15) is 17.6 Å². The fourth-order valence-corrected chi connectivity index (χ4v) is 2.39. The highest BCUT2D eigenvalue weighted by atomic mass is 35.5. The molecule has 1 amide bonds. The van der Waals surface area contributed by atoms with Crippen molar-refractivity contribution in [2.45, 2.75) is 25.9 Å². The molecule has 1 heterocycles. The maximum atomic E-state index is 12.0. The molecule has 2 N–H and O–H groups in total. The first kappa shape index (κ1) is 18.6.